The Balaban J connectivity index is 1.37. The van der Waals surface area contributed by atoms with Gasteiger partial charge in [-0.05, 0) is 62.4 Å². The Kier molecular flexibility index (Phi) is 4.56. The Labute approximate surface area is 159 Å². The molecule has 4 rings (SSSR count). The van der Waals surface area contributed by atoms with Crippen LogP contribution >= 0.6 is 0 Å². The van der Waals surface area contributed by atoms with Gasteiger partial charge in [0.05, 0.1) is 17.4 Å². The largest absolute Gasteiger partial charge is 0.488 e. The van der Waals surface area contributed by atoms with Crippen LogP contribution in [-0.4, -0.2) is 16.5 Å². The van der Waals surface area contributed by atoms with E-state index < -0.39 is 0 Å². The van der Waals surface area contributed by atoms with E-state index in [2.05, 4.69) is 36.3 Å². The van der Waals surface area contributed by atoms with Gasteiger partial charge in [-0.3, -0.25) is 9.78 Å². The Bertz CT molecular complexity index is 995. The number of para-hydroxylation sites is 1. The molecule has 1 N–H and O–H groups in total. The van der Waals surface area contributed by atoms with Gasteiger partial charge in [-0.25, -0.2) is 0 Å². The van der Waals surface area contributed by atoms with Crippen LogP contribution in [0.2, 0.25) is 0 Å². The first-order valence-electron chi connectivity index (χ1n) is 9.44. The molecule has 0 fully saturated rings. The lowest BCUT2D eigenvalue weighted by atomic mass is 9.93. The standard InChI is InChI=1S/C23H24N2O2/c1-23(2)12-11-18-13-16(7-9-21(18)27-23)8-10-22(26)25-19-14-17-5-3-4-6-20(17)24-15-19/h3-7,9,13-15H,8,10-12H2,1-2H3,(H,25,26). The maximum Gasteiger partial charge on any atom is 0.224 e. The second-order valence-corrected chi connectivity index (χ2v) is 7.77. The Hall–Kier alpha value is -2.88. The summed E-state index contributed by atoms with van der Waals surface area (Å²) in [5.41, 5.74) is 3.98. The van der Waals surface area contributed by atoms with E-state index in [-0.39, 0.29) is 11.5 Å². The van der Waals surface area contributed by atoms with E-state index in [0.29, 0.717) is 12.8 Å². The fourth-order valence-corrected chi connectivity index (χ4v) is 3.49. The lowest BCUT2D eigenvalue weighted by molar-refractivity contribution is -0.116. The molecule has 27 heavy (non-hydrogen) atoms. The average molecular weight is 360 g/mol. The average Bonchev–Trinajstić information content (AvgIpc) is 2.65. The summed E-state index contributed by atoms with van der Waals surface area (Å²) in [6, 6.07) is 16.1. The van der Waals surface area contributed by atoms with Gasteiger partial charge in [-0.15, -0.1) is 0 Å². The molecule has 0 atom stereocenters. The van der Waals surface area contributed by atoms with Crippen molar-refractivity contribution in [1.82, 2.24) is 4.98 Å². The third kappa shape index (κ3) is 4.11. The molecule has 138 valence electrons. The number of carbonyl (C=O) groups excluding carboxylic acids is 1. The maximum absolute atomic E-state index is 12.3. The molecule has 4 nitrogen and oxygen atoms in total. The van der Waals surface area contributed by atoms with E-state index in [0.717, 1.165) is 35.2 Å². The third-order valence-corrected chi connectivity index (χ3v) is 5.02. The number of carbonyl (C=O) groups is 1. The second kappa shape index (κ2) is 7.03. The van der Waals surface area contributed by atoms with Crippen molar-refractivity contribution in [3.05, 3.63) is 65.9 Å². The molecule has 1 aromatic heterocycles. The molecule has 0 saturated carbocycles. The van der Waals surface area contributed by atoms with Crippen LogP contribution in [0, 0.1) is 0 Å². The minimum Gasteiger partial charge on any atom is -0.488 e. The van der Waals surface area contributed by atoms with Gasteiger partial charge in [-0.2, -0.15) is 0 Å². The Morgan fingerprint density at radius 3 is 2.93 bits per heavy atom. The Morgan fingerprint density at radius 2 is 2.04 bits per heavy atom. The van der Waals surface area contributed by atoms with Crippen LogP contribution in [0.15, 0.2) is 54.7 Å². The monoisotopic (exact) mass is 360 g/mol. The zero-order valence-corrected chi connectivity index (χ0v) is 15.8. The summed E-state index contributed by atoms with van der Waals surface area (Å²) in [5, 5.41) is 3.97. The first-order valence-corrected chi connectivity index (χ1v) is 9.44. The van der Waals surface area contributed by atoms with Crippen molar-refractivity contribution < 1.29 is 9.53 Å². The van der Waals surface area contributed by atoms with Crippen molar-refractivity contribution in [2.24, 2.45) is 0 Å². The van der Waals surface area contributed by atoms with Crippen LogP contribution in [0.25, 0.3) is 10.9 Å². The number of hydrogen-bond acceptors (Lipinski definition) is 3. The number of nitrogens with zero attached hydrogens (tertiary/aromatic N) is 1. The topological polar surface area (TPSA) is 51.2 Å². The number of anilines is 1. The minimum atomic E-state index is -0.0949. The fraction of sp³-hybridized carbons (Fsp3) is 0.304. The summed E-state index contributed by atoms with van der Waals surface area (Å²) < 4.78 is 6.03. The number of pyridine rings is 1. The van der Waals surface area contributed by atoms with Crippen molar-refractivity contribution in [3.63, 3.8) is 0 Å². The fourth-order valence-electron chi connectivity index (χ4n) is 3.49. The first-order chi connectivity index (χ1) is 13.0. The summed E-state index contributed by atoms with van der Waals surface area (Å²) in [6.07, 6.45) is 4.89. The summed E-state index contributed by atoms with van der Waals surface area (Å²) in [6.45, 7) is 4.24. The van der Waals surface area contributed by atoms with E-state index in [1.54, 1.807) is 6.20 Å². The van der Waals surface area contributed by atoms with E-state index in [1.807, 2.05) is 36.4 Å². The van der Waals surface area contributed by atoms with Crippen molar-refractivity contribution >= 4 is 22.5 Å². The van der Waals surface area contributed by atoms with Crippen molar-refractivity contribution in [2.45, 2.75) is 45.1 Å². The lowest BCUT2D eigenvalue weighted by Crippen LogP contribution is -2.32. The summed E-state index contributed by atoms with van der Waals surface area (Å²) in [5.74, 6) is 0.976. The number of aryl methyl sites for hydroxylation is 2. The highest BCUT2D eigenvalue weighted by Crippen LogP contribution is 2.33. The van der Waals surface area contributed by atoms with Gasteiger partial charge in [0.2, 0.25) is 5.91 Å². The highest BCUT2D eigenvalue weighted by atomic mass is 16.5. The molecule has 2 heterocycles. The van der Waals surface area contributed by atoms with Crippen molar-refractivity contribution in [3.8, 4) is 5.75 Å². The quantitative estimate of drug-likeness (QED) is 0.719. The SMILES string of the molecule is CC1(C)CCc2cc(CCC(=O)Nc3cnc4ccccc4c3)ccc2O1. The molecule has 1 amide bonds. The number of rotatable bonds is 4. The smallest absolute Gasteiger partial charge is 0.224 e. The van der Waals surface area contributed by atoms with Crippen LogP contribution in [0.5, 0.6) is 5.75 Å². The normalized spacial score (nSPS) is 15.0. The lowest BCUT2D eigenvalue weighted by Gasteiger charge is -2.32. The molecular formula is C23H24N2O2. The molecule has 2 aromatic carbocycles. The number of nitrogens with one attached hydrogen (secondary N) is 1. The molecule has 0 radical (unpaired) electrons. The number of fused-ring (bicyclic) bond motifs is 2. The van der Waals surface area contributed by atoms with Gasteiger partial charge in [0, 0.05) is 11.8 Å². The highest BCUT2D eigenvalue weighted by molar-refractivity contribution is 5.93. The molecule has 0 saturated heterocycles. The zero-order chi connectivity index (χ0) is 18.9. The predicted molar refractivity (Wildman–Crippen MR) is 108 cm³/mol. The number of aromatic nitrogens is 1. The molecule has 0 aliphatic carbocycles. The minimum absolute atomic E-state index is 0.00202. The van der Waals surface area contributed by atoms with Gasteiger partial charge in [0.15, 0.2) is 0 Å². The van der Waals surface area contributed by atoms with E-state index in [1.165, 1.54) is 11.1 Å². The van der Waals surface area contributed by atoms with Gasteiger partial charge < -0.3 is 10.1 Å². The molecular weight excluding hydrogens is 336 g/mol. The van der Waals surface area contributed by atoms with Crippen molar-refractivity contribution in [2.75, 3.05) is 5.32 Å². The molecule has 1 aliphatic rings. The molecule has 1 aliphatic heterocycles. The van der Waals surface area contributed by atoms with Crippen LogP contribution in [0.1, 0.15) is 37.8 Å². The predicted octanol–water partition coefficient (Wildman–Crippen LogP) is 4.91. The van der Waals surface area contributed by atoms with Crippen LogP contribution in [-0.2, 0) is 17.6 Å². The third-order valence-electron chi connectivity index (χ3n) is 5.02. The molecule has 0 spiro atoms. The van der Waals surface area contributed by atoms with Crippen LogP contribution in [0.3, 0.4) is 0 Å². The summed E-state index contributed by atoms with van der Waals surface area (Å²) in [4.78, 5) is 16.7. The summed E-state index contributed by atoms with van der Waals surface area (Å²) in [7, 11) is 0. The van der Waals surface area contributed by atoms with Gasteiger partial charge in [0.1, 0.15) is 11.4 Å². The van der Waals surface area contributed by atoms with E-state index in [9.17, 15) is 4.79 Å². The number of amides is 1. The Morgan fingerprint density at radius 1 is 1.19 bits per heavy atom. The van der Waals surface area contributed by atoms with Crippen LogP contribution in [0.4, 0.5) is 5.69 Å². The second-order valence-electron chi connectivity index (χ2n) is 7.77. The van der Waals surface area contributed by atoms with E-state index in [4.69, 9.17) is 4.74 Å². The number of ether oxygens (including phenoxy) is 1. The molecule has 0 unspecified atom stereocenters. The first kappa shape index (κ1) is 17.5. The van der Waals surface area contributed by atoms with Gasteiger partial charge in [-0.1, -0.05) is 30.3 Å². The zero-order valence-electron chi connectivity index (χ0n) is 15.8. The van der Waals surface area contributed by atoms with E-state index >= 15 is 0 Å². The van der Waals surface area contributed by atoms with Gasteiger partial charge in [0.25, 0.3) is 0 Å². The van der Waals surface area contributed by atoms with Crippen LogP contribution < -0.4 is 10.1 Å². The number of benzene rings is 2. The van der Waals surface area contributed by atoms with Crippen molar-refractivity contribution in [1.29, 1.82) is 0 Å². The summed E-state index contributed by atoms with van der Waals surface area (Å²) >= 11 is 0. The van der Waals surface area contributed by atoms with Gasteiger partial charge >= 0.3 is 0 Å². The molecule has 4 heteroatoms. The molecule has 0 bridgehead atoms. The molecule has 3 aromatic rings. The highest BCUT2D eigenvalue weighted by Gasteiger charge is 2.26. The maximum atomic E-state index is 12.3. The number of hydrogen-bond donors (Lipinski definition) is 1.